The SMILES string of the molecule is COCCn1c(CO)nnc1C1CC(NC(=O)c2cc(F)ccc2OC)C1. The van der Waals surface area contributed by atoms with Gasteiger partial charge in [0.25, 0.3) is 5.91 Å². The number of carbonyl (C=O) groups excluding carboxylic acids is 1. The highest BCUT2D eigenvalue weighted by Crippen LogP contribution is 2.36. The Labute approximate surface area is 156 Å². The third-order valence-corrected chi connectivity index (χ3v) is 4.76. The Morgan fingerprint density at radius 2 is 2.15 bits per heavy atom. The van der Waals surface area contributed by atoms with E-state index in [1.54, 1.807) is 7.11 Å². The quantitative estimate of drug-likeness (QED) is 0.717. The summed E-state index contributed by atoms with van der Waals surface area (Å²) in [6, 6.07) is 3.81. The van der Waals surface area contributed by atoms with Crippen LogP contribution in [0.3, 0.4) is 0 Å². The molecule has 146 valence electrons. The van der Waals surface area contributed by atoms with Crippen molar-refractivity contribution in [1.29, 1.82) is 0 Å². The highest BCUT2D eigenvalue weighted by Gasteiger charge is 2.35. The third kappa shape index (κ3) is 4.09. The van der Waals surface area contributed by atoms with Crippen molar-refractivity contribution in [3.05, 3.63) is 41.2 Å². The second-order valence-corrected chi connectivity index (χ2v) is 6.46. The topological polar surface area (TPSA) is 98.5 Å². The van der Waals surface area contributed by atoms with E-state index in [0.717, 1.165) is 5.82 Å². The Morgan fingerprint density at radius 1 is 1.37 bits per heavy atom. The van der Waals surface area contributed by atoms with E-state index in [-0.39, 0.29) is 30.0 Å². The summed E-state index contributed by atoms with van der Waals surface area (Å²) >= 11 is 0. The van der Waals surface area contributed by atoms with Crippen molar-refractivity contribution in [2.45, 2.75) is 38.0 Å². The zero-order valence-electron chi connectivity index (χ0n) is 15.3. The van der Waals surface area contributed by atoms with Crippen molar-refractivity contribution in [2.75, 3.05) is 20.8 Å². The van der Waals surface area contributed by atoms with E-state index in [4.69, 9.17) is 9.47 Å². The van der Waals surface area contributed by atoms with Crippen molar-refractivity contribution in [1.82, 2.24) is 20.1 Å². The van der Waals surface area contributed by atoms with Gasteiger partial charge in [-0.1, -0.05) is 0 Å². The smallest absolute Gasteiger partial charge is 0.255 e. The van der Waals surface area contributed by atoms with Gasteiger partial charge in [-0.05, 0) is 31.0 Å². The predicted molar refractivity (Wildman–Crippen MR) is 94.0 cm³/mol. The monoisotopic (exact) mass is 378 g/mol. The molecular weight excluding hydrogens is 355 g/mol. The number of aliphatic hydroxyl groups excluding tert-OH is 1. The number of hydrogen-bond acceptors (Lipinski definition) is 6. The summed E-state index contributed by atoms with van der Waals surface area (Å²) in [6.45, 7) is 0.857. The van der Waals surface area contributed by atoms with Crippen LogP contribution in [0.4, 0.5) is 4.39 Å². The van der Waals surface area contributed by atoms with E-state index in [9.17, 15) is 14.3 Å². The van der Waals surface area contributed by atoms with E-state index >= 15 is 0 Å². The first kappa shape index (κ1) is 19.2. The second-order valence-electron chi connectivity index (χ2n) is 6.46. The Hall–Kier alpha value is -2.52. The number of rotatable bonds is 8. The van der Waals surface area contributed by atoms with Gasteiger partial charge < -0.3 is 24.5 Å². The van der Waals surface area contributed by atoms with Gasteiger partial charge >= 0.3 is 0 Å². The average Bonchev–Trinajstić information content (AvgIpc) is 3.04. The van der Waals surface area contributed by atoms with Gasteiger partial charge in [0.2, 0.25) is 0 Å². The summed E-state index contributed by atoms with van der Waals surface area (Å²) in [7, 11) is 3.05. The molecule has 0 unspecified atom stereocenters. The minimum atomic E-state index is -0.491. The number of ether oxygens (including phenoxy) is 2. The number of nitrogens with zero attached hydrogens (tertiary/aromatic N) is 3. The van der Waals surface area contributed by atoms with Gasteiger partial charge in [0, 0.05) is 25.6 Å². The largest absolute Gasteiger partial charge is 0.496 e. The fourth-order valence-corrected chi connectivity index (χ4v) is 3.26. The molecule has 1 aliphatic carbocycles. The van der Waals surface area contributed by atoms with Crippen molar-refractivity contribution in [2.24, 2.45) is 0 Å². The second kappa shape index (κ2) is 8.45. The molecular formula is C18H23FN4O4. The van der Waals surface area contributed by atoms with E-state index in [0.29, 0.717) is 37.6 Å². The van der Waals surface area contributed by atoms with E-state index in [1.807, 2.05) is 4.57 Å². The Balaban J connectivity index is 1.63. The molecule has 0 bridgehead atoms. The maximum Gasteiger partial charge on any atom is 0.255 e. The first-order valence-corrected chi connectivity index (χ1v) is 8.73. The summed E-state index contributed by atoms with van der Waals surface area (Å²) in [6.07, 6.45) is 1.39. The summed E-state index contributed by atoms with van der Waals surface area (Å²) in [4.78, 5) is 12.4. The zero-order chi connectivity index (χ0) is 19.4. The lowest BCUT2D eigenvalue weighted by Crippen LogP contribution is -2.44. The predicted octanol–water partition coefficient (Wildman–Crippen LogP) is 1.24. The Kier molecular flexibility index (Phi) is 6.02. The van der Waals surface area contributed by atoms with Crippen molar-refractivity contribution in [3.63, 3.8) is 0 Å². The number of halogens is 1. The van der Waals surface area contributed by atoms with Crippen LogP contribution < -0.4 is 10.1 Å². The number of nitrogens with one attached hydrogen (secondary N) is 1. The standard InChI is InChI=1S/C18H23FN4O4/c1-26-6-5-23-16(10-24)21-22-17(23)11-7-13(8-11)20-18(25)14-9-12(19)3-4-15(14)27-2/h3-4,9,11,13,24H,5-8,10H2,1-2H3,(H,20,25). The number of methoxy groups -OCH3 is 2. The molecule has 1 saturated carbocycles. The summed E-state index contributed by atoms with van der Waals surface area (Å²) in [5, 5.41) is 20.5. The molecule has 0 saturated heterocycles. The molecule has 2 aromatic rings. The molecule has 1 aromatic heterocycles. The van der Waals surface area contributed by atoms with Crippen LogP contribution in [0.2, 0.25) is 0 Å². The van der Waals surface area contributed by atoms with Gasteiger partial charge in [-0.25, -0.2) is 4.39 Å². The van der Waals surface area contributed by atoms with Crippen LogP contribution >= 0.6 is 0 Å². The first-order chi connectivity index (χ1) is 13.1. The van der Waals surface area contributed by atoms with Crippen LogP contribution in [0, 0.1) is 5.82 Å². The van der Waals surface area contributed by atoms with Crippen molar-refractivity contribution >= 4 is 5.91 Å². The van der Waals surface area contributed by atoms with Crippen LogP contribution in [0.1, 0.15) is 40.8 Å². The van der Waals surface area contributed by atoms with Gasteiger partial charge in [0.1, 0.15) is 24.0 Å². The average molecular weight is 378 g/mol. The van der Waals surface area contributed by atoms with Crippen LogP contribution in [0.25, 0.3) is 0 Å². The van der Waals surface area contributed by atoms with E-state index in [1.165, 1.54) is 25.3 Å². The molecule has 3 rings (SSSR count). The highest BCUT2D eigenvalue weighted by molar-refractivity contribution is 5.97. The first-order valence-electron chi connectivity index (χ1n) is 8.73. The van der Waals surface area contributed by atoms with Gasteiger partial charge in [-0.3, -0.25) is 4.79 Å². The van der Waals surface area contributed by atoms with Crippen LogP contribution in [-0.4, -0.2) is 52.6 Å². The molecule has 8 nitrogen and oxygen atoms in total. The van der Waals surface area contributed by atoms with E-state index < -0.39 is 5.82 Å². The fraction of sp³-hybridized carbons (Fsp3) is 0.500. The van der Waals surface area contributed by atoms with Gasteiger partial charge in [0.15, 0.2) is 5.82 Å². The summed E-state index contributed by atoms with van der Waals surface area (Å²) < 4.78 is 25.5. The summed E-state index contributed by atoms with van der Waals surface area (Å²) in [5.41, 5.74) is 0.173. The Bertz CT molecular complexity index is 805. The van der Waals surface area contributed by atoms with Crippen LogP contribution in [0.5, 0.6) is 5.75 Å². The van der Waals surface area contributed by atoms with Gasteiger partial charge in [0.05, 0.1) is 19.3 Å². The van der Waals surface area contributed by atoms with Crippen LogP contribution in [-0.2, 0) is 17.9 Å². The van der Waals surface area contributed by atoms with Gasteiger partial charge in [-0.2, -0.15) is 0 Å². The molecule has 27 heavy (non-hydrogen) atoms. The number of amides is 1. The number of benzene rings is 1. The molecule has 1 amide bonds. The lowest BCUT2D eigenvalue weighted by Gasteiger charge is -2.35. The number of carbonyl (C=O) groups is 1. The molecule has 1 heterocycles. The molecule has 1 fully saturated rings. The maximum absolute atomic E-state index is 13.5. The fourth-order valence-electron chi connectivity index (χ4n) is 3.26. The van der Waals surface area contributed by atoms with Crippen LogP contribution in [0.15, 0.2) is 18.2 Å². The van der Waals surface area contributed by atoms with E-state index in [2.05, 4.69) is 15.5 Å². The summed E-state index contributed by atoms with van der Waals surface area (Å²) in [5.74, 6) is 0.886. The van der Waals surface area contributed by atoms with Crippen molar-refractivity contribution in [3.8, 4) is 5.75 Å². The molecule has 0 spiro atoms. The minimum Gasteiger partial charge on any atom is -0.496 e. The maximum atomic E-state index is 13.5. The lowest BCUT2D eigenvalue weighted by atomic mass is 9.79. The molecule has 0 radical (unpaired) electrons. The van der Waals surface area contributed by atoms with Gasteiger partial charge in [-0.15, -0.1) is 10.2 Å². The number of hydrogen-bond donors (Lipinski definition) is 2. The molecule has 0 atom stereocenters. The molecule has 1 aliphatic rings. The molecule has 0 aliphatic heterocycles. The molecule has 2 N–H and O–H groups in total. The minimum absolute atomic E-state index is 0.0411. The normalized spacial score (nSPS) is 18.8. The number of aliphatic hydroxyl groups is 1. The van der Waals surface area contributed by atoms with Crippen molar-refractivity contribution < 1.29 is 23.8 Å². The number of aromatic nitrogens is 3. The Morgan fingerprint density at radius 3 is 2.81 bits per heavy atom. The lowest BCUT2D eigenvalue weighted by molar-refractivity contribution is 0.0902. The molecule has 9 heteroatoms. The molecule has 1 aromatic carbocycles. The highest BCUT2D eigenvalue weighted by atomic mass is 19.1. The third-order valence-electron chi connectivity index (χ3n) is 4.76. The zero-order valence-corrected chi connectivity index (χ0v) is 15.3.